The first-order chi connectivity index (χ1) is 10.0. The summed E-state index contributed by atoms with van der Waals surface area (Å²) in [5.41, 5.74) is 2.97. The largest absolute Gasteiger partial charge is 0.384 e. The number of benzene rings is 1. The monoisotopic (exact) mass is 307 g/mol. The van der Waals surface area contributed by atoms with Crippen molar-refractivity contribution in [1.82, 2.24) is 10.2 Å². The Kier molecular flexibility index (Phi) is 5.01. The lowest BCUT2D eigenvalue weighted by molar-refractivity contribution is 0.597. The standard InChI is InChI=1S/C15H21N3O2S/c1-3-21(19,20)15-9-5-4-8-14(15)16-10-6-7-13-11-17-18-12(13)2/h4-5,8-9,11,16H,3,6-7,10H2,1-2H3,(H,17,18). The fraction of sp³-hybridized carbons (Fsp3) is 0.400. The Hall–Kier alpha value is -1.82. The van der Waals surface area contributed by atoms with Gasteiger partial charge in [0.15, 0.2) is 9.84 Å². The number of sulfone groups is 1. The van der Waals surface area contributed by atoms with Crippen molar-refractivity contribution in [2.75, 3.05) is 17.6 Å². The molecule has 1 heterocycles. The van der Waals surface area contributed by atoms with Crippen molar-refractivity contribution in [1.29, 1.82) is 0 Å². The van der Waals surface area contributed by atoms with Crippen LogP contribution < -0.4 is 5.32 Å². The molecule has 0 atom stereocenters. The Bertz CT molecular complexity index is 692. The van der Waals surface area contributed by atoms with Crippen molar-refractivity contribution in [3.05, 3.63) is 41.7 Å². The van der Waals surface area contributed by atoms with Crippen LogP contribution in [0.15, 0.2) is 35.4 Å². The summed E-state index contributed by atoms with van der Waals surface area (Å²) in [5, 5.41) is 10.1. The van der Waals surface area contributed by atoms with E-state index in [1.165, 1.54) is 5.56 Å². The van der Waals surface area contributed by atoms with Gasteiger partial charge in [0.1, 0.15) is 0 Å². The molecule has 0 aliphatic rings. The van der Waals surface area contributed by atoms with E-state index in [1.807, 2.05) is 25.3 Å². The second-order valence-electron chi connectivity index (χ2n) is 4.95. The number of para-hydroxylation sites is 1. The molecule has 0 spiro atoms. The van der Waals surface area contributed by atoms with E-state index in [9.17, 15) is 8.42 Å². The minimum absolute atomic E-state index is 0.111. The highest BCUT2D eigenvalue weighted by Crippen LogP contribution is 2.22. The molecule has 0 aliphatic heterocycles. The zero-order valence-corrected chi connectivity index (χ0v) is 13.2. The van der Waals surface area contributed by atoms with Crippen LogP contribution in [0.2, 0.25) is 0 Å². The van der Waals surface area contributed by atoms with E-state index in [-0.39, 0.29) is 5.75 Å². The number of hydrogen-bond acceptors (Lipinski definition) is 4. The minimum atomic E-state index is -3.19. The molecule has 21 heavy (non-hydrogen) atoms. The number of rotatable bonds is 7. The molecule has 1 aromatic carbocycles. The van der Waals surface area contributed by atoms with Crippen LogP contribution in [0.4, 0.5) is 5.69 Å². The molecule has 2 N–H and O–H groups in total. The van der Waals surface area contributed by atoms with Crippen LogP contribution in [0, 0.1) is 6.92 Å². The number of H-pyrrole nitrogens is 1. The number of nitrogens with one attached hydrogen (secondary N) is 2. The Balaban J connectivity index is 1.96. The summed E-state index contributed by atoms with van der Waals surface area (Å²) >= 11 is 0. The topological polar surface area (TPSA) is 74.8 Å². The predicted molar refractivity (Wildman–Crippen MR) is 84.3 cm³/mol. The van der Waals surface area contributed by atoms with E-state index in [0.717, 1.165) is 25.1 Å². The van der Waals surface area contributed by atoms with Gasteiger partial charge >= 0.3 is 0 Å². The highest BCUT2D eigenvalue weighted by molar-refractivity contribution is 7.91. The summed E-state index contributed by atoms with van der Waals surface area (Å²) < 4.78 is 24.1. The van der Waals surface area contributed by atoms with E-state index in [1.54, 1.807) is 19.1 Å². The van der Waals surface area contributed by atoms with Crippen molar-refractivity contribution < 1.29 is 8.42 Å². The van der Waals surface area contributed by atoms with Gasteiger partial charge in [-0.05, 0) is 37.5 Å². The van der Waals surface area contributed by atoms with Crippen molar-refractivity contribution in [3.63, 3.8) is 0 Å². The first-order valence-electron chi connectivity index (χ1n) is 7.09. The molecule has 0 unspecified atom stereocenters. The van der Waals surface area contributed by atoms with Gasteiger partial charge in [0.25, 0.3) is 0 Å². The lowest BCUT2D eigenvalue weighted by Gasteiger charge is -2.11. The predicted octanol–water partition coefficient (Wildman–Crippen LogP) is 2.56. The van der Waals surface area contributed by atoms with Gasteiger partial charge in [0.05, 0.1) is 22.5 Å². The summed E-state index contributed by atoms with van der Waals surface area (Å²) in [5.74, 6) is 0.111. The average molecular weight is 307 g/mol. The molecule has 5 nitrogen and oxygen atoms in total. The molecule has 0 fully saturated rings. The minimum Gasteiger partial charge on any atom is -0.384 e. The summed E-state index contributed by atoms with van der Waals surface area (Å²) in [4.78, 5) is 0.381. The molecular formula is C15H21N3O2S. The van der Waals surface area contributed by atoms with Crippen molar-refractivity contribution in [2.24, 2.45) is 0 Å². The average Bonchev–Trinajstić information content (AvgIpc) is 2.89. The molecule has 0 bridgehead atoms. The number of hydrogen-bond donors (Lipinski definition) is 2. The second-order valence-corrected chi connectivity index (χ2v) is 7.20. The van der Waals surface area contributed by atoms with Crippen LogP contribution in [0.1, 0.15) is 24.6 Å². The number of nitrogens with zero attached hydrogens (tertiary/aromatic N) is 1. The van der Waals surface area contributed by atoms with E-state index < -0.39 is 9.84 Å². The Morgan fingerprint density at radius 3 is 2.71 bits per heavy atom. The van der Waals surface area contributed by atoms with Crippen LogP contribution in [-0.2, 0) is 16.3 Å². The highest BCUT2D eigenvalue weighted by Gasteiger charge is 2.15. The molecule has 0 amide bonds. The second kappa shape index (κ2) is 6.76. The Morgan fingerprint density at radius 1 is 1.29 bits per heavy atom. The van der Waals surface area contributed by atoms with Crippen molar-refractivity contribution in [2.45, 2.75) is 31.6 Å². The van der Waals surface area contributed by atoms with Gasteiger partial charge in [-0.15, -0.1) is 0 Å². The lowest BCUT2D eigenvalue weighted by atomic mass is 10.1. The van der Waals surface area contributed by atoms with Gasteiger partial charge in [-0.3, -0.25) is 5.10 Å². The molecule has 0 aliphatic carbocycles. The van der Waals surface area contributed by atoms with Crippen molar-refractivity contribution in [3.8, 4) is 0 Å². The number of anilines is 1. The molecule has 1 aromatic heterocycles. The van der Waals surface area contributed by atoms with E-state index in [2.05, 4.69) is 15.5 Å². The molecule has 114 valence electrons. The molecule has 2 rings (SSSR count). The molecule has 0 saturated carbocycles. The molecule has 2 aromatic rings. The molecular weight excluding hydrogens is 286 g/mol. The number of aromatic nitrogens is 2. The molecule has 0 saturated heterocycles. The molecule has 6 heteroatoms. The lowest BCUT2D eigenvalue weighted by Crippen LogP contribution is -2.10. The van der Waals surface area contributed by atoms with Gasteiger partial charge in [-0.2, -0.15) is 5.10 Å². The molecule has 0 radical (unpaired) electrons. The fourth-order valence-corrected chi connectivity index (χ4v) is 3.24. The van der Waals surface area contributed by atoms with Gasteiger partial charge in [-0.25, -0.2) is 8.42 Å². The van der Waals surface area contributed by atoms with Gasteiger partial charge in [0, 0.05) is 12.2 Å². The van der Waals surface area contributed by atoms with Crippen LogP contribution >= 0.6 is 0 Å². The van der Waals surface area contributed by atoms with E-state index >= 15 is 0 Å². The normalized spacial score (nSPS) is 11.5. The summed E-state index contributed by atoms with van der Waals surface area (Å²) in [6.07, 6.45) is 3.67. The number of aryl methyl sites for hydroxylation is 2. The third kappa shape index (κ3) is 3.85. The van der Waals surface area contributed by atoms with Crippen LogP contribution in [-0.4, -0.2) is 30.9 Å². The van der Waals surface area contributed by atoms with Crippen LogP contribution in [0.5, 0.6) is 0 Å². The fourth-order valence-electron chi connectivity index (χ4n) is 2.17. The van der Waals surface area contributed by atoms with Crippen LogP contribution in [0.3, 0.4) is 0 Å². The van der Waals surface area contributed by atoms with Gasteiger partial charge in [0.2, 0.25) is 0 Å². The summed E-state index contributed by atoms with van der Waals surface area (Å²) in [6, 6.07) is 7.06. The maximum Gasteiger partial charge on any atom is 0.180 e. The van der Waals surface area contributed by atoms with Gasteiger partial charge < -0.3 is 5.32 Å². The third-order valence-corrected chi connectivity index (χ3v) is 5.26. The third-order valence-electron chi connectivity index (χ3n) is 3.47. The Labute approximate surface area is 125 Å². The first-order valence-corrected chi connectivity index (χ1v) is 8.74. The highest BCUT2D eigenvalue weighted by atomic mass is 32.2. The van der Waals surface area contributed by atoms with E-state index in [0.29, 0.717) is 10.6 Å². The van der Waals surface area contributed by atoms with Gasteiger partial charge in [-0.1, -0.05) is 19.1 Å². The SMILES string of the molecule is CCS(=O)(=O)c1ccccc1NCCCc1cn[nH]c1C. The van der Waals surface area contributed by atoms with Crippen LogP contribution in [0.25, 0.3) is 0 Å². The van der Waals surface area contributed by atoms with Crippen molar-refractivity contribution >= 4 is 15.5 Å². The maximum absolute atomic E-state index is 12.0. The number of aromatic amines is 1. The smallest absolute Gasteiger partial charge is 0.180 e. The Morgan fingerprint density at radius 2 is 2.05 bits per heavy atom. The van der Waals surface area contributed by atoms with E-state index in [4.69, 9.17) is 0 Å². The quantitative estimate of drug-likeness (QED) is 0.771. The summed E-state index contributed by atoms with van der Waals surface area (Å²) in [7, 11) is -3.19. The maximum atomic E-state index is 12.0. The first kappa shape index (κ1) is 15.6. The summed E-state index contributed by atoms with van der Waals surface area (Å²) in [6.45, 7) is 4.38. The zero-order chi connectivity index (χ0) is 15.3. The zero-order valence-electron chi connectivity index (χ0n) is 12.4.